The molecule has 1 nitrogen and oxygen atoms in total. The summed E-state index contributed by atoms with van der Waals surface area (Å²) in [6.07, 6.45) is 7.84. The maximum atomic E-state index is 6.11. The van der Waals surface area contributed by atoms with E-state index in [1.54, 1.807) is 0 Å². The van der Waals surface area contributed by atoms with Crippen molar-refractivity contribution in [2.45, 2.75) is 19.3 Å². The number of hydrogen-bond donors (Lipinski definition) is 0. The van der Waals surface area contributed by atoms with Gasteiger partial charge in [-0.15, -0.1) is 0 Å². The van der Waals surface area contributed by atoms with Gasteiger partial charge in [-0.05, 0) is 19.4 Å². The molecule has 0 saturated carbocycles. The van der Waals surface area contributed by atoms with Crippen molar-refractivity contribution in [1.82, 2.24) is 0 Å². The second-order valence-corrected chi connectivity index (χ2v) is 5.47. The molecule has 0 aliphatic heterocycles. The Hall–Kier alpha value is -2.28. The number of allylic oxidation sites excluding steroid dienone is 4. The maximum Gasteiger partial charge on any atom is 0.139 e. The molecule has 20 heavy (non-hydrogen) atoms. The van der Waals surface area contributed by atoms with Crippen LogP contribution in [0.5, 0.6) is 0 Å². The fourth-order valence-corrected chi connectivity index (χ4v) is 3.02. The molecule has 1 heteroatoms. The highest BCUT2D eigenvalue weighted by Gasteiger charge is 2.16. The Kier molecular flexibility index (Phi) is 2.53. The molecule has 0 radical (unpaired) electrons. The summed E-state index contributed by atoms with van der Waals surface area (Å²) in [5.41, 5.74) is 4.65. The predicted octanol–water partition coefficient (Wildman–Crippen LogP) is 5.58. The van der Waals surface area contributed by atoms with Crippen LogP contribution in [0.15, 0.2) is 70.7 Å². The Morgan fingerprint density at radius 1 is 1.00 bits per heavy atom. The SMILES string of the molecule is CC1=CCC(c2cccc3c2oc2ccccc23)C=C1. The van der Waals surface area contributed by atoms with Crippen LogP contribution in [0, 0.1) is 0 Å². The number of benzene rings is 2. The minimum atomic E-state index is 0.419. The summed E-state index contributed by atoms with van der Waals surface area (Å²) < 4.78 is 6.11. The number of fused-ring (bicyclic) bond motifs is 3. The lowest BCUT2D eigenvalue weighted by Gasteiger charge is -2.15. The molecule has 1 atom stereocenters. The predicted molar refractivity (Wildman–Crippen MR) is 84.0 cm³/mol. The summed E-state index contributed by atoms with van der Waals surface area (Å²) in [4.78, 5) is 0. The average molecular weight is 260 g/mol. The smallest absolute Gasteiger partial charge is 0.139 e. The molecular formula is C19H16O. The van der Waals surface area contributed by atoms with Crippen LogP contribution < -0.4 is 0 Å². The van der Waals surface area contributed by atoms with E-state index in [-0.39, 0.29) is 0 Å². The third kappa shape index (κ3) is 1.70. The van der Waals surface area contributed by atoms with Crippen molar-refractivity contribution < 1.29 is 4.42 Å². The van der Waals surface area contributed by atoms with Crippen LogP contribution in [-0.4, -0.2) is 0 Å². The van der Waals surface area contributed by atoms with Gasteiger partial charge in [-0.2, -0.15) is 0 Å². The minimum absolute atomic E-state index is 0.419. The van der Waals surface area contributed by atoms with Gasteiger partial charge in [0.15, 0.2) is 0 Å². The van der Waals surface area contributed by atoms with E-state index >= 15 is 0 Å². The van der Waals surface area contributed by atoms with E-state index in [1.165, 1.54) is 21.9 Å². The first-order valence-electron chi connectivity index (χ1n) is 7.08. The van der Waals surface area contributed by atoms with Gasteiger partial charge in [0.25, 0.3) is 0 Å². The van der Waals surface area contributed by atoms with E-state index in [0.29, 0.717) is 5.92 Å². The van der Waals surface area contributed by atoms with Gasteiger partial charge in [-0.3, -0.25) is 0 Å². The van der Waals surface area contributed by atoms with E-state index < -0.39 is 0 Å². The highest BCUT2D eigenvalue weighted by molar-refractivity contribution is 6.05. The highest BCUT2D eigenvalue weighted by Crippen LogP contribution is 2.36. The quantitative estimate of drug-likeness (QED) is 0.557. The summed E-state index contributed by atoms with van der Waals surface area (Å²) >= 11 is 0. The number of rotatable bonds is 1. The Balaban J connectivity index is 1.94. The summed E-state index contributed by atoms with van der Waals surface area (Å²) in [5, 5.41) is 2.42. The molecule has 1 aliphatic carbocycles. The molecule has 1 aromatic heterocycles. The van der Waals surface area contributed by atoms with Crippen LogP contribution in [-0.2, 0) is 0 Å². The van der Waals surface area contributed by atoms with Crippen LogP contribution in [0.1, 0.15) is 24.8 Å². The Morgan fingerprint density at radius 2 is 1.85 bits per heavy atom. The summed E-state index contributed by atoms with van der Waals surface area (Å²) in [6.45, 7) is 2.15. The van der Waals surface area contributed by atoms with Crippen molar-refractivity contribution in [2.24, 2.45) is 0 Å². The van der Waals surface area contributed by atoms with Gasteiger partial charge < -0.3 is 4.42 Å². The van der Waals surface area contributed by atoms with Crippen LogP contribution in [0.4, 0.5) is 0 Å². The molecule has 0 N–H and O–H groups in total. The molecular weight excluding hydrogens is 244 g/mol. The van der Waals surface area contributed by atoms with E-state index in [9.17, 15) is 0 Å². The van der Waals surface area contributed by atoms with Gasteiger partial charge >= 0.3 is 0 Å². The van der Waals surface area contributed by atoms with Crippen molar-refractivity contribution in [3.63, 3.8) is 0 Å². The molecule has 0 saturated heterocycles. The molecule has 2 aromatic carbocycles. The highest BCUT2D eigenvalue weighted by atomic mass is 16.3. The van der Waals surface area contributed by atoms with E-state index in [0.717, 1.165) is 17.6 Å². The lowest BCUT2D eigenvalue weighted by atomic mass is 9.89. The largest absolute Gasteiger partial charge is 0.456 e. The van der Waals surface area contributed by atoms with Gasteiger partial charge in [-0.1, -0.05) is 60.2 Å². The van der Waals surface area contributed by atoms with Crippen molar-refractivity contribution in [1.29, 1.82) is 0 Å². The zero-order valence-electron chi connectivity index (χ0n) is 11.5. The lowest BCUT2D eigenvalue weighted by Crippen LogP contribution is -1.98. The molecule has 98 valence electrons. The number of hydrogen-bond acceptors (Lipinski definition) is 1. The topological polar surface area (TPSA) is 13.1 Å². The molecule has 3 aromatic rings. The van der Waals surface area contributed by atoms with Crippen molar-refractivity contribution in [3.05, 3.63) is 71.8 Å². The Morgan fingerprint density at radius 3 is 2.70 bits per heavy atom. The third-order valence-electron chi connectivity index (χ3n) is 4.12. The number of furan rings is 1. The Labute approximate surface area is 118 Å². The zero-order chi connectivity index (χ0) is 13.5. The lowest BCUT2D eigenvalue weighted by molar-refractivity contribution is 0.657. The molecule has 1 unspecified atom stereocenters. The zero-order valence-corrected chi connectivity index (χ0v) is 11.5. The average Bonchev–Trinajstić information content (AvgIpc) is 2.87. The first kappa shape index (κ1) is 11.5. The monoisotopic (exact) mass is 260 g/mol. The van der Waals surface area contributed by atoms with Crippen LogP contribution in [0.25, 0.3) is 21.9 Å². The molecule has 1 aliphatic rings. The molecule has 0 amide bonds. The Bertz CT molecular complexity index is 848. The number of para-hydroxylation sites is 2. The van der Waals surface area contributed by atoms with E-state index in [4.69, 9.17) is 4.42 Å². The van der Waals surface area contributed by atoms with E-state index in [1.807, 2.05) is 12.1 Å². The van der Waals surface area contributed by atoms with Crippen molar-refractivity contribution >= 4 is 21.9 Å². The van der Waals surface area contributed by atoms with Crippen LogP contribution in [0.2, 0.25) is 0 Å². The van der Waals surface area contributed by atoms with E-state index in [2.05, 4.69) is 55.5 Å². The molecule has 0 fully saturated rings. The summed E-state index contributed by atoms with van der Waals surface area (Å²) in [6, 6.07) is 14.7. The van der Waals surface area contributed by atoms with Gasteiger partial charge in [-0.25, -0.2) is 0 Å². The third-order valence-corrected chi connectivity index (χ3v) is 4.12. The van der Waals surface area contributed by atoms with Gasteiger partial charge in [0.05, 0.1) is 0 Å². The second-order valence-electron chi connectivity index (χ2n) is 5.47. The standard InChI is InChI=1S/C19H16O/c1-13-9-11-14(12-10-13)15-6-4-7-17-16-5-2-3-8-18(16)20-19(15)17/h2-11,14H,12H2,1H3. The normalized spacial score (nSPS) is 18.6. The maximum absolute atomic E-state index is 6.11. The summed E-state index contributed by atoms with van der Waals surface area (Å²) in [5.74, 6) is 0.419. The first-order chi connectivity index (χ1) is 9.83. The van der Waals surface area contributed by atoms with Gasteiger partial charge in [0.1, 0.15) is 11.2 Å². The van der Waals surface area contributed by atoms with Crippen LogP contribution >= 0.6 is 0 Å². The van der Waals surface area contributed by atoms with Crippen molar-refractivity contribution in [2.75, 3.05) is 0 Å². The van der Waals surface area contributed by atoms with Gasteiger partial charge in [0.2, 0.25) is 0 Å². The fourth-order valence-electron chi connectivity index (χ4n) is 3.02. The molecule has 0 bridgehead atoms. The second kappa shape index (κ2) is 4.38. The molecule has 0 spiro atoms. The molecule has 1 heterocycles. The van der Waals surface area contributed by atoms with Crippen molar-refractivity contribution in [3.8, 4) is 0 Å². The van der Waals surface area contributed by atoms with Crippen LogP contribution in [0.3, 0.4) is 0 Å². The fraction of sp³-hybridized carbons (Fsp3) is 0.158. The first-order valence-corrected chi connectivity index (χ1v) is 7.08. The van der Waals surface area contributed by atoms with Gasteiger partial charge in [0, 0.05) is 22.3 Å². The molecule has 4 rings (SSSR count). The minimum Gasteiger partial charge on any atom is -0.456 e. The summed E-state index contributed by atoms with van der Waals surface area (Å²) in [7, 11) is 0.